The smallest absolute Gasteiger partial charge is 0.257 e. The summed E-state index contributed by atoms with van der Waals surface area (Å²) in [4.78, 5) is 17.2. The van der Waals surface area contributed by atoms with Gasteiger partial charge >= 0.3 is 0 Å². The van der Waals surface area contributed by atoms with Crippen molar-refractivity contribution in [3.8, 4) is 5.69 Å². The Morgan fingerprint density at radius 3 is 2.58 bits per heavy atom. The Morgan fingerprint density at radius 1 is 1.21 bits per heavy atom. The van der Waals surface area contributed by atoms with E-state index in [-0.39, 0.29) is 5.91 Å². The highest BCUT2D eigenvalue weighted by molar-refractivity contribution is 6.30. The van der Waals surface area contributed by atoms with E-state index in [0.29, 0.717) is 10.6 Å². The van der Waals surface area contributed by atoms with Crippen LogP contribution in [0.5, 0.6) is 0 Å². The van der Waals surface area contributed by atoms with Gasteiger partial charge in [0.15, 0.2) is 0 Å². The van der Waals surface area contributed by atoms with E-state index in [2.05, 4.69) is 16.9 Å². The fourth-order valence-electron chi connectivity index (χ4n) is 3.16. The molecule has 1 fully saturated rings. The summed E-state index contributed by atoms with van der Waals surface area (Å²) >= 11 is 6.09. The van der Waals surface area contributed by atoms with Gasteiger partial charge in [0.05, 0.1) is 23.1 Å². The van der Waals surface area contributed by atoms with Crippen molar-refractivity contribution in [1.82, 2.24) is 19.6 Å². The second-order valence-corrected chi connectivity index (χ2v) is 6.41. The zero-order chi connectivity index (χ0) is 17.1. The van der Waals surface area contributed by atoms with Crippen LogP contribution in [0.2, 0.25) is 5.02 Å². The summed E-state index contributed by atoms with van der Waals surface area (Å²) in [6.45, 7) is 8.66. The molecular formula is C18H23ClN4O. The van der Waals surface area contributed by atoms with Gasteiger partial charge in [0, 0.05) is 31.2 Å². The molecule has 1 amide bonds. The van der Waals surface area contributed by atoms with Gasteiger partial charge in [-0.05, 0) is 31.2 Å². The lowest BCUT2D eigenvalue weighted by molar-refractivity contribution is 0.0642. The number of piperazine rings is 1. The number of carbonyl (C=O) groups is 1. The molecule has 0 unspecified atom stereocenters. The molecule has 0 radical (unpaired) electrons. The summed E-state index contributed by atoms with van der Waals surface area (Å²) in [6.07, 6.45) is 2.43. The van der Waals surface area contributed by atoms with E-state index in [9.17, 15) is 4.79 Å². The summed E-state index contributed by atoms with van der Waals surface area (Å²) in [5, 5.41) is 5.11. The van der Waals surface area contributed by atoms with Crippen molar-refractivity contribution in [3.63, 3.8) is 0 Å². The van der Waals surface area contributed by atoms with Gasteiger partial charge in [-0.15, -0.1) is 0 Å². The van der Waals surface area contributed by atoms with Crippen LogP contribution in [-0.2, 0) is 6.42 Å². The monoisotopic (exact) mass is 346 g/mol. The zero-order valence-electron chi connectivity index (χ0n) is 14.2. The van der Waals surface area contributed by atoms with Gasteiger partial charge in [0.2, 0.25) is 0 Å². The molecule has 0 spiro atoms. The molecule has 0 N–H and O–H groups in total. The molecule has 0 aliphatic carbocycles. The van der Waals surface area contributed by atoms with Crippen LogP contribution in [-0.4, -0.2) is 58.2 Å². The fourth-order valence-corrected chi connectivity index (χ4v) is 3.35. The van der Waals surface area contributed by atoms with Crippen molar-refractivity contribution in [1.29, 1.82) is 0 Å². The molecule has 1 aliphatic heterocycles. The van der Waals surface area contributed by atoms with Crippen molar-refractivity contribution >= 4 is 17.5 Å². The molecule has 24 heavy (non-hydrogen) atoms. The van der Waals surface area contributed by atoms with Gasteiger partial charge < -0.3 is 9.80 Å². The molecule has 1 aliphatic rings. The minimum absolute atomic E-state index is 0.0795. The van der Waals surface area contributed by atoms with Gasteiger partial charge in [0.25, 0.3) is 5.91 Å². The Balaban J connectivity index is 1.85. The van der Waals surface area contributed by atoms with Gasteiger partial charge in [-0.1, -0.05) is 31.5 Å². The first-order valence-electron chi connectivity index (χ1n) is 8.48. The van der Waals surface area contributed by atoms with Crippen LogP contribution in [0.1, 0.15) is 29.9 Å². The molecule has 0 bridgehead atoms. The second kappa shape index (κ2) is 7.36. The lowest BCUT2D eigenvalue weighted by Crippen LogP contribution is -2.48. The van der Waals surface area contributed by atoms with E-state index in [1.807, 2.05) is 40.8 Å². The SMILES string of the molecule is CCc1c(C(=O)N2CCN(CC)CC2)cnn1-c1cccc(Cl)c1. The predicted octanol–water partition coefficient (Wildman–Crippen LogP) is 2.87. The number of halogens is 1. The Morgan fingerprint density at radius 2 is 1.96 bits per heavy atom. The second-order valence-electron chi connectivity index (χ2n) is 5.98. The third-order valence-corrected chi connectivity index (χ3v) is 4.83. The van der Waals surface area contributed by atoms with Crippen molar-refractivity contribution < 1.29 is 4.79 Å². The van der Waals surface area contributed by atoms with Crippen molar-refractivity contribution in [3.05, 3.63) is 46.7 Å². The minimum atomic E-state index is 0.0795. The third kappa shape index (κ3) is 3.32. The van der Waals surface area contributed by atoms with Crippen LogP contribution in [0.25, 0.3) is 5.69 Å². The Hall–Kier alpha value is -1.85. The number of likely N-dealkylation sites (N-methyl/N-ethyl adjacent to an activating group) is 1. The zero-order valence-corrected chi connectivity index (χ0v) is 15.0. The maximum atomic E-state index is 12.9. The largest absolute Gasteiger partial charge is 0.336 e. The number of nitrogens with zero attached hydrogens (tertiary/aromatic N) is 4. The summed E-state index contributed by atoms with van der Waals surface area (Å²) in [5.74, 6) is 0.0795. The average molecular weight is 347 g/mol. The van der Waals surface area contributed by atoms with E-state index in [0.717, 1.165) is 50.5 Å². The van der Waals surface area contributed by atoms with E-state index in [4.69, 9.17) is 11.6 Å². The van der Waals surface area contributed by atoms with E-state index >= 15 is 0 Å². The Labute approximate surface area is 147 Å². The number of benzene rings is 1. The number of carbonyl (C=O) groups excluding carboxylic acids is 1. The van der Waals surface area contributed by atoms with Crippen molar-refractivity contribution in [2.75, 3.05) is 32.7 Å². The lowest BCUT2D eigenvalue weighted by Gasteiger charge is -2.34. The van der Waals surface area contributed by atoms with Crippen molar-refractivity contribution in [2.45, 2.75) is 20.3 Å². The summed E-state index contributed by atoms with van der Waals surface area (Å²) < 4.78 is 1.82. The number of amides is 1. The molecule has 1 aromatic carbocycles. The van der Waals surface area contributed by atoms with Gasteiger partial charge in [-0.25, -0.2) is 4.68 Å². The van der Waals surface area contributed by atoms with Crippen LogP contribution in [0.3, 0.4) is 0 Å². The van der Waals surface area contributed by atoms with E-state index in [1.165, 1.54) is 0 Å². The van der Waals surface area contributed by atoms with Crippen molar-refractivity contribution in [2.24, 2.45) is 0 Å². The van der Waals surface area contributed by atoms with Crippen LogP contribution in [0, 0.1) is 0 Å². The first kappa shape index (κ1) is 17.0. The van der Waals surface area contributed by atoms with Gasteiger partial charge in [0.1, 0.15) is 0 Å². The van der Waals surface area contributed by atoms with Gasteiger partial charge in [-0.2, -0.15) is 5.10 Å². The number of hydrogen-bond donors (Lipinski definition) is 0. The van der Waals surface area contributed by atoms with Gasteiger partial charge in [-0.3, -0.25) is 4.79 Å². The number of aromatic nitrogens is 2. The maximum absolute atomic E-state index is 12.9. The standard InChI is InChI=1S/C18H23ClN4O/c1-3-17-16(18(24)22-10-8-21(4-2)9-11-22)13-20-23(17)15-7-5-6-14(19)12-15/h5-7,12-13H,3-4,8-11H2,1-2H3. The topological polar surface area (TPSA) is 41.4 Å². The first-order chi connectivity index (χ1) is 11.6. The Kier molecular flexibility index (Phi) is 5.21. The lowest BCUT2D eigenvalue weighted by atomic mass is 10.1. The highest BCUT2D eigenvalue weighted by Gasteiger charge is 2.25. The van der Waals surface area contributed by atoms with Crippen LogP contribution in [0.15, 0.2) is 30.5 Å². The van der Waals surface area contributed by atoms with Crippen LogP contribution >= 0.6 is 11.6 Å². The van der Waals surface area contributed by atoms with E-state index in [1.54, 1.807) is 6.20 Å². The normalized spacial score (nSPS) is 15.7. The molecular weight excluding hydrogens is 324 g/mol. The average Bonchev–Trinajstić information content (AvgIpc) is 3.05. The molecule has 128 valence electrons. The number of hydrogen-bond acceptors (Lipinski definition) is 3. The summed E-state index contributed by atoms with van der Waals surface area (Å²) in [5.41, 5.74) is 2.51. The minimum Gasteiger partial charge on any atom is -0.336 e. The summed E-state index contributed by atoms with van der Waals surface area (Å²) in [6, 6.07) is 7.54. The molecule has 2 aromatic rings. The van der Waals surface area contributed by atoms with Crippen LogP contribution < -0.4 is 0 Å². The highest BCUT2D eigenvalue weighted by Crippen LogP contribution is 2.20. The molecule has 1 saturated heterocycles. The molecule has 2 heterocycles. The molecule has 0 atom stereocenters. The summed E-state index contributed by atoms with van der Waals surface area (Å²) in [7, 11) is 0. The Bertz CT molecular complexity index is 720. The third-order valence-electron chi connectivity index (χ3n) is 4.59. The molecule has 3 rings (SSSR count). The van der Waals surface area contributed by atoms with Crippen LogP contribution in [0.4, 0.5) is 0 Å². The quantitative estimate of drug-likeness (QED) is 0.854. The highest BCUT2D eigenvalue weighted by atomic mass is 35.5. The molecule has 6 heteroatoms. The molecule has 1 aromatic heterocycles. The first-order valence-corrected chi connectivity index (χ1v) is 8.86. The molecule has 5 nitrogen and oxygen atoms in total. The molecule has 0 saturated carbocycles. The van der Waals surface area contributed by atoms with E-state index < -0.39 is 0 Å². The number of rotatable bonds is 4. The maximum Gasteiger partial charge on any atom is 0.257 e. The predicted molar refractivity (Wildman–Crippen MR) is 96.0 cm³/mol. The fraction of sp³-hybridized carbons (Fsp3) is 0.444.